The number of amides is 1. The fourth-order valence-electron chi connectivity index (χ4n) is 2.64. The minimum Gasteiger partial charge on any atom is -0.497 e. The molecule has 6 heteroatoms. The van der Waals surface area contributed by atoms with Gasteiger partial charge in [-0.2, -0.15) is 5.10 Å². The van der Waals surface area contributed by atoms with Crippen LogP contribution in [0.25, 0.3) is 11.1 Å². The second-order valence-electron chi connectivity index (χ2n) is 5.55. The van der Waals surface area contributed by atoms with E-state index in [1.165, 1.54) is 0 Å². The zero-order valence-corrected chi connectivity index (χ0v) is 13.4. The Morgan fingerprint density at radius 1 is 1.22 bits per heavy atom. The summed E-state index contributed by atoms with van der Waals surface area (Å²) in [6.07, 6.45) is 3.69. The summed E-state index contributed by atoms with van der Waals surface area (Å²) in [6.45, 7) is 4.39. The molecule has 0 unspecified atom stereocenters. The highest BCUT2D eigenvalue weighted by Gasteiger charge is 2.24. The number of hydrogen-bond donors (Lipinski definition) is 0. The number of carbonyl (C=O) groups is 1. The second kappa shape index (κ2) is 6.83. The van der Waals surface area contributed by atoms with Gasteiger partial charge in [0.2, 0.25) is 5.91 Å². The average molecular weight is 315 g/mol. The van der Waals surface area contributed by atoms with Crippen LogP contribution < -0.4 is 4.74 Å². The summed E-state index contributed by atoms with van der Waals surface area (Å²) < 4.78 is 12.2. The first-order chi connectivity index (χ1) is 11.2. The third-order valence-corrected chi connectivity index (χ3v) is 4.10. The maximum Gasteiger partial charge on any atom is 0.247 e. The van der Waals surface area contributed by atoms with Gasteiger partial charge in [-0.1, -0.05) is 12.1 Å². The lowest BCUT2D eigenvalue weighted by Crippen LogP contribution is -2.43. The molecule has 1 fully saturated rings. The van der Waals surface area contributed by atoms with Gasteiger partial charge in [-0.25, -0.2) is 0 Å². The summed E-state index contributed by atoms with van der Waals surface area (Å²) in [6, 6.07) is 7.47. The van der Waals surface area contributed by atoms with E-state index in [0.29, 0.717) is 26.3 Å². The summed E-state index contributed by atoms with van der Waals surface area (Å²) in [5, 5.41) is 4.36. The van der Waals surface area contributed by atoms with Crippen LogP contribution in [0.3, 0.4) is 0 Å². The third kappa shape index (κ3) is 3.37. The highest BCUT2D eigenvalue weighted by Crippen LogP contribution is 2.23. The van der Waals surface area contributed by atoms with Crippen molar-refractivity contribution in [3.63, 3.8) is 0 Å². The Morgan fingerprint density at radius 2 is 1.91 bits per heavy atom. The molecule has 1 saturated heterocycles. The van der Waals surface area contributed by atoms with Gasteiger partial charge >= 0.3 is 0 Å². The predicted molar refractivity (Wildman–Crippen MR) is 86.3 cm³/mol. The molecular formula is C17H21N3O3. The summed E-state index contributed by atoms with van der Waals surface area (Å²) in [4.78, 5) is 14.4. The number of carbonyl (C=O) groups excluding carboxylic acids is 1. The first-order valence-electron chi connectivity index (χ1n) is 7.74. The lowest BCUT2D eigenvalue weighted by Gasteiger charge is -2.29. The number of ether oxygens (including phenoxy) is 2. The Kier molecular flexibility index (Phi) is 4.62. The molecule has 1 atom stereocenters. The normalized spacial score (nSPS) is 16.2. The quantitative estimate of drug-likeness (QED) is 0.866. The van der Waals surface area contributed by atoms with Crippen molar-refractivity contribution in [3.8, 4) is 16.9 Å². The Balaban J connectivity index is 1.73. The van der Waals surface area contributed by atoms with Crippen LogP contribution in [0.2, 0.25) is 0 Å². The van der Waals surface area contributed by atoms with E-state index in [2.05, 4.69) is 5.10 Å². The van der Waals surface area contributed by atoms with E-state index in [0.717, 1.165) is 16.9 Å². The zero-order valence-electron chi connectivity index (χ0n) is 13.4. The first-order valence-corrected chi connectivity index (χ1v) is 7.74. The second-order valence-corrected chi connectivity index (χ2v) is 5.55. The van der Waals surface area contributed by atoms with Crippen LogP contribution in [-0.4, -0.2) is 54.0 Å². The van der Waals surface area contributed by atoms with Crippen molar-refractivity contribution in [1.29, 1.82) is 0 Å². The topological polar surface area (TPSA) is 56.6 Å². The van der Waals surface area contributed by atoms with Gasteiger partial charge in [-0.15, -0.1) is 0 Å². The van der Waals surface area contributed by atoms with Gasteiger partial charge in [-0.05, 0) is 24.6 Å². The third-order valence-electron chi connectivity index (χ3n) is 4.10. The molecule has 2 aromatic rings. The van der Waals surface area contributed by atoms with Gasteiger partial charge < -0.3 is 14.4 Å². The zero-order chi connectivity index (χ0) is 16.2. The van der Waals surface area contributed by atoms with E-state index in [1.807, 2.05) is 42.3 Å². The highest BCUT2D eigenvalue weighted by atomic mass is 16.5. The minimum atomic E-state index is -0.319. The fraction of sp³-hybridized carbons (Fsp3) is 0.412. The van der Waals surface area contributed by atoms with Gasteiger partial charge in [0, 0.05) is 24.8 Å². The highest BCUT2D eigenvalue weighted by molar-refractivity contribution is 5.80. The predicted octanol–water partition coefficient (Wildman–Crippen LogP) is 1.98. The van der Waals surface area contributed by atoms with Crippen LogP contribution in [0.4, 0.5) is 0 Å². The lowest BCUT2D eigenvalue weighted by atomic mass is 10.1. The molecule has 1 aromatic carbocycles. The maximum absolute atomic E-state index is 12.5. The molecule has 0 spiro atoms. The van der Waals surface area contributed by atoms with Crippen LogP contribution in [-0.2, 0) is 9.53 Å². The van der Waals surface area contributed by atoms with Crippen molar-refractivity contribution in [2.45, 2.75) is 13.0 Å². The van der Waals surface area contributed by atoms with Crippen LogP contribution >= 0.6 is 0 Å². The molecule has 122 valence electrons. The molecule has 0 radical (unpaired) electrons. The van der Waals surface area contributed by atoms with Crippen LogP contribution in [0.5, 0.6) is 5.75 Å². The Labute approximate surface area is 135 Å². The number of hydrogen-bond acceptors (Lipinski definition) is 4. The molecule has 1 amide bonds. The fourth-order valence-corrected chi connectivity index (χ4v) is 2.64. The standard InChI is InChI=1S/C17H21N3O3/c1-13(17(21)19-7-9-23-10-8-19)20-12-15(11-18-20)14-3-5-16(22-2)6-4-14/h3-6,11-13H,7-10H2,1-2H3/t13-/m1/s1. The van der Waals surface area contributed by atoms with Crippen molar-refractivity contribution in [1.82, 2.24) is 14.7 Å². The van der Waals surface area contributed by atoms with E-state index in [4.69, 9.17) is 9.47 Å². The molecular weight excluding hydrogens is 294 g/mol. The summed E-state index contributed by atoms with van der Waals surface area (Å²) in [5.41, 5.74) is 2.03. The number of nitrogens with zero attached hydrogens (tertiary/aromatic N) is 3. The monoisotopic (exact) mass is 315 g/mol. The molecule has 1 aliphatic rings. The van der Waals surface area contributed by atoms with Gasteiger partial charge in [0.05, 0.1) is 26.5 Å². The minimum absolute atomic E-state index is 0.0812. The van der Waals surface area contributed by atoms with Crippen LogP contribution in [0, 0.1) is 0 Å². The van der Waals surface area contributed by atoms with Gasteiger partial charge in [0.25, 0.3) is 0 Å². The van der Waals surface area contributed by atoms with E-state index in [-0.39, 0.29) is 11.9 Å². The molecule has 0 N–H and O–H groups in total. The summed E-state index contributed by atoms with van der Waals surface area (Å²) in [7, 11) is 1.64. The van der Waals surface area contributed by atoms with Crippen LogP contribution in [0.1, 0.15) is 13.0 Å². The van der Waals surface area contributed by atoms with Crippen molar-refractivity contribution in [2.75, 3.05) is 33.4 Å². The Hall–Kier alpha value is -2.34. The van der Waals surface area contributed by atoms with Crippen molar-refractivity contribution < 1.29 is 14.3 Å². The van der Waals surface area contributed by atoms with Crippen LogP contribution in [0.15, 0.2) is 36.7 Å². The van der Waals surface area contributed by atoms with E-state index in [1.54, 1.807) is 18.0 Å². The molecule has 1 aromatic heterocycles. The lowest BCUT2D eigenvalue weighted by molar-refractivity contribution is -0.138. The van der Waals surface area contributed by atoms with E-state index < -0.39 is 0 Å². The molecule has 23 heavy (non-hydrogen) atoms. The average Bonchev–Trinajstić information content (AvgIpc) is 3.11. The number of benzene rings is 1. The van der Waals surface area contributed by atoms with Gasteiger partial charge in [0.15, 0.2) is 0 Å². The maximum atomic E-state index is 12.5. The number of methoxy groups -OCH3 is 1. The SMILES string of the molecule is COc1ccc(-c2cnn([C@H](C)C(=O)N3CCOCC3)c2)cc1. The molecule has 1 aliphatic heterocycles. The van der Waals surface area contributed by atoms with E-state index >= 15 is 0 Å². The molecule has 0 aliphatic carbocycles. The van der Waals surface area contributed by atoms with Crippen molar-refractivity contribution >= 4 is 5.91 Å². The Bertz CT molecular complexity index is 660. The smallest absolute Gasteiger partial charge is 0.247 e. The number of rotatable bonds is 4. The summed E-state index contributed by atoms with van der Waals surface area (Å²) >= 11 is 0. The van der Waals surface area contributed by atoms with Crippen molar-refractivity contribution in [3.05, 3.63) is 36.7 Å². The molecule has 3 rings (SSSR count). The molecule has 6 nitrogen and oxygen atoms in total. The van der Waals surface area contributed by atoms with Gasteiger partial charge in [0.1, 0.15) is 11.8 Å². The largest absolute Gasteiger partial charge is 0.497 e. The molecule has 0 bridgehead atoms. The first kappa shape index (κ1) is 15.6. The van der Waals surface area contributed by atoms with E-state index in [9.17, 15) is 4.79 Å². The summed E-state index contributed by atoms with van der Waals surface area (Å²) in [5.74, 6) is 0.898. The number of morpholine rings is 1. The van der Waals surface area contributed by atoms with Gasteiger partial charge in [-0.3, -0.25) is 9.48 Å². The molecule has 0 saturated carbocycles. The van der Waals surface area contributed by atoms with Crippen molar-refractivity contribution in [2.24, 2.45) is 0 Å². The number of aromatic nitrogens is 2. The Morgan fingerprint density at radius 3 is 2.57 bits per heavy atom. The molecule has 2 heterocycles.